The van der Waals surface area contributed by atoms with Crippen LogP contribution in [0.25, 0.3) is 11.3 Å². The summed E-state index contributed by atoms with van der Waals surface area (Å²) >= 11 is 1.76. The summed E-state index contributed by atoms with van der Waals surface area (Å²) in [6, 6.07) is 7.16. The van der Waals surface area contributed by atoms with Gasteiger partial charge in [0.25, 0.3) is 0 Å². The number of nitrogens with zero attached hydrogens (tertiary/aromatic N) is 1. The van der Waals surface area contributed by atoms with E-state index in [0.717, 1.165) is 24.2 Å². The van der Waals surface area contributed by atoms with Gasteiger partial charge in [0.15, 0.2) is 0 Å². The molecule has 2 heterocycles. The van der Waals surface area contributed by atoms with Crippen LogP contribution in [0, 0.1) is 12.7 Å². The van der Waals surface area contributed by atoms with Gasteiger partial charge in [0, 0.05) is 22.9 Å². The molecule has 1 aromatic carbocycles. The maximum absolute atomic E-state index is 13.0. The van der Waals surface area contributed by atoms with Gasteiger partial charge < -0.3 is 5.32 Å². The Morgan fingerprint density at radius 1 is 1.37 bits per heavy atom. The molecule has 3 rings (SSSR count). The molecule has 1 aliphatic rings. The molecule has 0 bridgehead atoms. The van der Waals surface area contributed by atoms with Crippen LogP contribution in [0.5, 0.6) is 0 Å². The highest BCUT2D eigenvalue weighted by Gasteiger charge is 2.17. The van der Waals surface area contributed by atoms with Crippen molar-refractivity contribution in [2.45, 2.75) is 32.2 Å². The van der Waals surface area contributed by atoms with E-state index >= 15 is 0 Å². The molecule has 1 fully saturated rings. The molecule has 1 aliphatic heterocycles. The minimum absolute atomic E-state index is 0.202. The summed E-state index contributed by atoms with van der Waals surface area (Å²) in [5, 5.41) is 4.68. The smallest absolute Gasteiger partial charge is 0.123 e. The summed E-state index contributed by atoms with van der Waals surface area (Å²) in [6.07, 6.45) is 3.51. The molecule has 0 amide bonds. The zero-order valence-corrected chi connectivity index (χ0v) is 11.8. The SMILES string of the molecule is Cc1sc(CC2CCCN2)nc1-c1ccc(F)cc1. The lowest BCUT2D eigenvalue weighted by molar-refractivity contribution is 0.601. The van der Waals surface area contributed by atoms with E-state index in [1.54, 1.807) is 23.5 Å². The highest BCUT2D eigenvalue weighted by molar-refractivity contribution is 7.12. The summed E-state index contributed by atoms with van der Waals surface area (Å²) in [5.74, 6) is -0.202. The number of halogens is 1. The van der Waals surface area contributed by atoms with Gasteiger partial charge in [0.1, 0.15) is 5.82 Å². The number of thiazole rings is 1. The zero-order valence-electron chi connectivity index (χ0n) is 10.9. The van der Waals surface area contributed by atoms with Crippen LogP contribution in [0.15, 0.2) is 24.3 Å². The van der Waals surface area contributed by atoms with Crippen molar-refractivity contribution in [2.75, 3.05) is 6.54 Å². The lowest BCUT2D eigenvalue weighted by Gasteiger charge is -2.06. The van der Waals surface area contributed by atoms with E-state index in [9.17, 15) is 4.39 Å². The van der Waals surface area contributed by atoms with Crippen LogP contribution in [-0.2, 0) is 6.42 Å². The van der Waals surface area contributed by atoms with Crippen LogP contribution in [0.3, 0.4) is 0 Å². The number of hydrogen-bond donors (Lipinski definition) is 1. The van der Waals surface area contributed by atoms with E-state index in [0.29, 0.717) is 6.04 Å². The Morgan fingerprint density at radius 3 is 2.84 bits per heavy atom. The quantitative estimate of drug-likeness (QED) is 0.927. The second kappa shape index (κ2) is 5.39. The molecule has 100 valence electrons. The van der Waals surface area contributed by atoms with Crippen LogP contribution >= 0.6 is 11.3 Å². The topological polar surface area (TPSA) is 24.9 Å². The number of rotatable bonds is 3. The van der Waals surface area contributed by atoms with E-state index in [1.165, 1.54) is 34.9 Å². The molecular formula is C15H17FN2S. The van der Waals surface area contributed by atoms with Crippen molar-refractivity contribution in [1.29, 1.82) is 0 Å². The molecule has 0 radical (unpaired) electrons. The number of benzene rings is 1. The predicted molar refractivity (Wildman–Crippen MR) is 77.0 cm³/mol. The van der Waals surface area contributed by atoms with Gasteiger partial charge in [-0.2, -0.15) is 0 Å². The zero-order chi connectivity index (χ0) is 13.2. The first-order chi connectivity index (χ1) is 9.22. The van der Waals surface area contributed by atoms with Gasteiger partial charge in [0.05, 0.1) is 10.7 Å². The monoisotopic (exact) mass is 276 g/mol. The third-order valence-electron chi connectivity index (χ3n) is 3.54. The normalized spacial score (nSPS) is 18.9. The summed E-state index contributed by atoms with van der Waals surface area (Å²) in [5.41, 5.74) is 2.00. The fourth-order valence-corrected chi connectivity index (χ4v) is 3.59. The standard InChI is InChI=1S/C15H17FN2S/c1-10-15(11-4-6-12(16)7-5-11)18-14(19-10)9-13-3-2-8-17-13/h4-7,13,17H,2-3,8-9H2,1H3. The third kappa shape index (κ3) is 2.85. The highest BCUT2D eigenvalue weighted by Crippen LogP contribution is 2.28. The molecule has 4 heteroatoms. The highest BCUT2D eigenvalue weighted by atomic mass is 32.1. The Hall–Kier alpha value is -1.26. The van der Waals surface area contributed by atoms with Gasteiger partial charge in [-0.15, -0.1) is 11.3 Å². The maximum Gasteiger partial charge on any atom is 0.123 e. The van der Waals surface area contributed by atoms with Gasteiger partial charge in [-0.3, -0.25) is 0 Å². The van der Waals surface area contributed by atoms with E-state index in [1.807, 2.05) is 0 Å². The Morgan fingerprint density at radius 2 is 2.16 bits per heavy atom. The van der Waals surface area contributed by atoms with Gasteiger partial charge >= 0.3 is 0 Å². The van der Waals surface area contributed by atoms with Gasteiger partial charge in [0.2, 0.25) is 0 Å². The molecule has 1 N–H and O–H groups in total. The number of aryl methyl sites for hydroxylation is 1. The van der Waals surface area contributed by atoms with Gasteiger partial charge in [-0.1, -0.05) is 0 Å². The number of nitrogens with one attached hydrogen (secondary N) is 1. The molecule has 1 aromatic heterocycles. The molecule has 0 saturated carbocycles. The second-order valence-corrected chi connectivity index (χ2v) is 6.30. The van der Waals surface area contributed by atoms with Crippen LogP contribution in [0.2, 0.25) is 0 Å². The second-order valence-electron chi connectivity index (χ2n) is 5.02. The van der Waals surface area contributed by atoms with Crippen molar-refractivity contribution in [1.82, 2.24) is 10.3 Å². The molecule has 19 heavy (non-hydrogen) atoms. The lowest BCUT2D eigenvalue weighted by atomic mass is 10.1. The van der Waals surface area contributed by atoms with Crippen molar-refractivity contribution in [3.8, 4) is 11.3 Å². The Labute approximate surface area is 116 Å². The van der Waals surface area contributed by atoms with Crippen molar-refractivity contribution in [3.63, 3.8) is 0 Å². The van der Waals surface area contributed by atoms with E-state index in [4.69, 9.17) is 4.98 Å². The van der Waals surface area contributed by atoms with Crippen LogP contribution in [0.4, 0.5) is 4.39 Å². The van der Waals surface area contributed by atoms with Gasteiger partial charge in [-0.25, -0.2) is 9.37 Å². The van der Waals surface area contributed by atoms with Crippen molar-refractivity contribution < 1.29 is 4.39 Å². The number of aromatic nitrogens is 1. The van der Waals surface area contributed by atoms with Crippen molar-refractivity contribution in [3.05, 3.63) is 40.0 Å². The Kier molecular flexibility index (Phi) is 3.62. The van der Waals surface area contributed by atoms with E-state index < -0.39 is 0 Å². The Balaban J connectivity index is 1.82. The first-order valence-corrected chi connectivity index (χ1v) is 7.49. The average Bonchev–Trinajstić information content (AvgIpc) is 3.01. The lowest BCUT2D eigenvalue weighted by Crippen LogP contribution is -2.23. The summed E-state index contributed by atoms with van der Waals surface area (Å²) in [6.45, 7) is 3.21. The summed E-state index contributed by atoms with van der Waals surface area (Å²) in [7, 11) is 0. The van der Waals surface area contributed by atoms with E-state index in [-0.39, 0.29) is 5.82 Å². The number of hydrogen-bond acceptors (Lipinski definition) is 3. The molecule has 1 atom stereocenters. The van der Waals surface area contributed by atoms with Gasteiger partial charge in [-0.05, 0) is 50.6 Å². The minimum Gasteiger partial charge on any atom is -0.314 e. The first-order valence-electron chi connectivity index (χ1n) is 6.68. The van der Waals surface area contributed by atoms with E-state index in [2.05, 4.69) is 12.2 Å². The largest absolute Gasteiger partial charge is 0.314 e. The van der Waals surface area contributed by atoms with Crippen LogP contribution in [0.1, 0.15) is 22.7 Å². The fourth-order valence-electron chi connectivity index (χ4n) is 2.56. The first kappa shape index (κ1) is 12.8. The molecule has 2 aromatic rings. The molecular weight excluding hydrogens is 259 g/mol. The maximum atomic E-state index is 13.0. The summed E-state index contributed by atoms with van der Waals surface area (Å²) in [4.78, 5) is 5.94. The van der Waals surface area contributed by atoms with Crippen molar-refractivity contribution >= 4 is 11.3 Å². The van der Waals surface area contributed by atoms with Crippen LogP contribution < -0.4 is 5.32 Å². The third-order valence-corrected chi connectivity index (χ3v) is 4.54. The molecule has 1 saturated heterocycles. The minimum atomic E-state index is -0.202. The molecule has 0 spiro atoms. The Bertz CT molecular complexity index is 556. The molecule has 2 nitrogen and oxygen atoms in total. The summed E-state index contributed by atoms with van der Waals surface area (Å²) < 4.78 is 13.0. The molecule has 0 aliphatic carbocycles. The fraction of sp³-hybridized carbons (Fsp3) is 0.400. The van der Waals surface area contributed by atoms with Crippen LogP contribution in [-0.4, -0.2) is 17.6 Å². The predicted octanol–water partition coefficient (Wildman–Crippen LogP) is 3.55. The molecule has 1 unspecified atom stereocenters. The average molecular weight is 276 g/mol. The van der Waals surface area contributed by atoms with Crippen molar-refractivity contribution in [2.24, 2.45) is 0 Å².